The fourth-order valence-electron chi connectivity index (χ4n) is 2.58. The molecule has 0 unspecified atom stereocenters. The summed E-state index contributed by atoms with van der Waals surface area (Å²) in [4.78, 5) is 10.8. The van der Waals surface area contributed by atoms with Gasteiger partial charge in [-0.15, -0.1) is 16.4 Å². The number of anilines is 1. The highest BCUT2D eigenvalue weighted by atomic mass is 32.1. The molecule has 0 spiro atoms. The number of thiophene rings is 1. The zero-order valence-corrected chi connectivity index (χ0v) is 15.4. The van der Waals surface area contributed by atoms with Crippen molar-refractivity contribution in [2.24, 2.45) is 0 Å². The third kappa shape index (κ3) is 3.20. The van der Waals surface area contributed by atoms with E-state index in [1.165, 1.54) is 23.5 Å². The summed E-state index contributed by atoms with van der Waals surface area (Å²) in [6.45, 7) is 0.486. The van der Waals surface area contributed by atoms with Gasteiger partial charge in [-0.1, -0.05) is 17.4 Å². The Labute approximate surface area is 160 Å². The molecule has 27 heavy (non-hydrogen) atoms. The Morgan fingerprint density at radius 1 is 1.15 bits per heavy atom. The number of fused-ring (bicyclic) bond motifs is 1. The van der Waals surface area contributed by atoms with E-state index in [4.69, 9.17) is 0 Å². The second-order valence-corrected chi connectivity index (χ2v) is 7.61. The molecular weight excluding hydrogens is 385 g/mol. The smallest absolute Gasteiger partial charge is 0.214 e. The summed E-state index contributed by atoms with van der Waals surface area (Å²) in [5, 5.41) is 17.6. The summed E-state index contributed by atoms with van der Waals surface area (Å²) in [6.07, 6.45) is 1.83. The largest absolute Gasteiger partial charge is 0.353 e. The Bertz CT molecular complexity index is 1160. The minimum Gasteiger partial charge on any atom is -0.353 e. The molecule has 0 aliphatic rings. The van der Waals surface area contributed by atoms with E-state index < -0.39 is 0 Å². The van der Waals surface area contributed by atoms with Crippen molar-refractivity contribution in [1.82, 2.24) is 29.8 Å². The van der Waals surface area contributed by atoms with Gasteiger partial charge >= 0.3 is 0 Å². The van der Waals surface area contributed by atoms with E-state index in [0.29, 0.717) is 12.4 Å². The summed E-state index contributed by atoms with van der Waals surface area (Å²) < 4.78 is 14.8. The van der Waals surface area contributed by atoms with Crippen molar-refractivity contribution >= 4 is 32.8 Å². The summed E-state index contributed by atoms with van der Waals surface area (Å²) in [5.41, 5.74) is 1.61. The normalized spacial score (nSPS) is 11.3. The summed E-state index contributed by atoms with van der Waals surface area (Å²) in [5.74, 6) is 1.16. The number of hydrogen-bond acceptors (Lipinski definition) is 7. The van der Waals surface area contributed by atoms with Gasteiger partial charge in [0.2, 0.25) is 10.1 Å². The van der Waals surface area contributed by atoms with Gasteiger partial charge in [0, 0.05) is 5.56 Å². The van der Waals surface area contributed by atoms with Crippen LogP contribution in [-0.2, 0) is 6.54 Å². The number of imidazole rings is 1. The maximum Gasteiger partial charge on any atom is 0.214 e. The Balaban J connectivity index is 1.30. The van der Waals surface area contributed by atoms with Gasteiger partial charge in [0.25, 0.3) is 0 Å². The molecule has 1 aromatic carbocycles. The van der Waals surface area contributed by atoms with Gasteiger partial charge in [-0.2, -0.15) is 5.10 Å². The summed E-state index contributed by atoms with van der Waals surface area (Å²) in [6, 6.07) is 10.2. The topological polar surface area (TPSA) is 83.8 Å². The number of rotatable bonds is 5. The lowest BCUT2D eigenvalue weighted by Crippen LogP contribution is -2.01. The third-order valence-corrected chi connectivity index (χ3v) is 5.61. The highest BCUT2D eigenvalue weighted by Crippen LogP contribution is 2.25. The number of aromatic amines is 1. The second kappa shape index (κ2) is 6.56. The molecule has 4 heterocycles. The Kier molecular flexibility index (Phi) is 3.91. The van der Waals surface area contributed by atoms with Crippen LogP contribution in [0.4, 0.5) is 9.52 Å². The molecule has 5 rings (SSSR count). The van der Waals surface area contributed by atoms with E-state index in [-0.39, 0.29) is 5.82 Å². The van der Waals surface area contributed by atoms with Crippen LogP contribution in [0.25, 0.3) is 26.9 Å². The van der Waals surface area contributed by atoms with Crippen LogP contribution < -0.4 is 5.32 Å². The van der Waals surface area contributed by atoms with Crippen LogP contribution in [0, 0.1) is 5.82 Å². The molecule has 0 fully saturated rings. The SMILES string of the molecule is Fc1ccc(-c2cn3nc(NCc4nc(-c5cccs5)n[nH]4)sc3n2)cc1. The molecule has 10 heteroatoms. The highest BCUT2D eigenvalue weighted by molar-refractivity contribution is 7.20. The maximum absolute atomic E-state index is 13.1. The van der Waals surface area contributed by atoms with Gasteiger partial charge in [-0.05, 0) is 35.7 Å². The standard InChI is InChI=1S/C17H12FN7S2/c18-11-5-3-10(4-6-11)12-9-25-17(20-12)27-16(24-25)19-8-14-21-15(23-22-14)13-2-1-7-26-13/h1-7,9H,8H2,(H,19,24)(H,21,22,23). The zero-order valence-electron chi connectivity index (χ0n) is 13.8. The number of aromatic nitrogens is 6. The van der Waals surface area contributed by atoms with Gasteiger partial charge in [0.1, 0.15) is 11.6 Å². The van der Waals surface area contributed by atoms with Crippen LogP contribution >= 0.6 is 22.7 Å². The number of benzene rings is 1. The maximum atomic E-state index is 13.1. The van der Waals surface area contributed by atoms with Crippen LogP contribution in [0.2, 0.25) is 0 Å². The van der Waals surface area contributed by atoms with E-state index in [1.54, 1.807) is 28.0 Å². The molecule has 2 N–H and O–H groups in total. The van der Waals surface area contributed by atoms with Crippen molar-refractivity contribution in [2.75, 3.05) is 5.32 Å². The van der Waals surface area contributed by atoms with E-state index in [2.05, 4.69) is 30.6 Å². The number of nitrogens with one attached hydrogen (secondary N) is 2. The first-order valence-electron chi connectivity index (χ1n) is 8.06. The first-order valence-corrected chi connectivity index (χ1v) is 9.75. The lowest BCUT2D eigenvalue weighted by atomic mass is 10.2. The van der Waals surface area contributed by atoms with Crippen molar-refractivity contribution in [3.63, 3.8) is 0 Å². The lowest BCUT2D eigenvalue weighted by molar-refractivity contribution is 0.628. The number of nitrogens with zero attached hydrogens (tertiary/aromatic N) is 5. The summed E-state index contributed by atoms with van der Waals surface area (Å²) in [7, 11) is 0. The second-order valence-electron chi connectivity index (χ2n) is 5.70. The number of H-pyrrole nitrogens is 1. The number of halogens is 1. The first-order chi connectivity index (χ1) is 13.2. The Hall–Kier alpha value is -3.11. The minimum absolute atomic E-state index is 0.265. The number of hydrogen-bond donors (Lipinski definition) is 2. The molecule has 0 radical (unpaired) electrons. The van der Waals surface area contributed by atoms with Gasteiger partial charge in [-0.25, -0.2) is 18.9 Å². The van der Waals surface area contributed by atoms with Crippen molar-refractivity contribution in [3.8, 4) is 22.0 Å². The predicted molar refractivity (Wildman–Crippen MR) is 103 cm³/mol. The molecule has 0 atom stereocenters. The van der Waals surface area contributed by atoms with Crippen molar-refractivity contribution in [2.45, 2.75) is 6.54 Å². The van der Waals surface area contributed by atoms with Gasteiger partial charge in [0.05, 0.1) is 23.3 Å². The molecule has 0 bridgehead atoms. The molecule has 0 aliphatic carbocycles. The predicted octanol–water partition coefficient (Wildman–Crippen LogP) is 4.06. The van der Waals surface area contributed by atoms with Crippen LogP contribution in [0.5, 0.6) is 0 Å². The third-order valence-electron chi connectivity index (χ3n) is 3.86. The van der Waals surface area contributed by atoms with Crippen molar-refractivity contribution in [1.29, 1.82) is 0 Å². The molecule has 0 saturated heterocycles. The monoisotopic (exact) mass is 397 g/mol. The van der Waals surface area contributed by atoms with E-state index in [0.717, 1.165) is 32.1 Å². The summed E-state index contributed by atoms with van der Waals surface area (Å²) >= 11 is 3.04. The fourth-order valence-corrected chi connectivity index (χ4v) is 4.02. The van der Waals surface area contributed by atoms with Gasteiger partial charge < -0.3 is 5.32 Å². The first kappa shape index (κ1) is 16.1. The van der Waals surface area contributed by atoms with Gasteiger partial charge in [0.15, 0.2) is 5.82 Å². The molecule has 0 aliphatic heterocycles. The van der Waals surface area contributed by atoms with E-state index in [9.17, 15) is 4.39 Å². The average Bonchev–Trinajstić information content (AvgIpc) is 3.42. The molecule has 7 nitrogen and oxygen atoms in total. The lowest BCUT2D eigenvalue weighted by Gasteiger charge is -1.97. The quantitative estimate of drug-likeness (QED) is 0.467. The van der Waals surface area contributed by atoms with Crippen molar-refractivity contribution in [3.05, 3.63) is 59.6 Å². The minimum atomic E-state index is -0.265. The Morgan fingerprint density at radius 3 is 2.81 bits per heavy atom. The molecule has 0 saturated carbocycles. The molecule has 5 aromatic rings. The van der Waals surface area contributed by atoms with Crippen LogP contribution in [-0.4, -0.2) is 29.8 Å². The van der Waals surface area contributed by atoms with Gasteiger partial charge in [-0.3, -0.25) is 5.10 Å². The average molecular weight is 397 g/mol. The molecule has 4 aromatic heterocycles. The zero-order chi connectivity index (χ0) is 18.2. The fraction of sp³-hybridized carbons (Fsp3) is 0.0588. The Morgan fingerprint density at radius 2 is 2.04 bits per heavy atom. The van der Waals surface area contributed by atoms with Crippen LogP contribution in [0.3, 0.4) is 0 Å². The molecular formula is C17H12FN7S2. The van der Waals surface area contributed by atoms with Crippen molar-refractivity contribution < 1.29 is 4.39 Å². The van der Waals surface area contributed by atoms with Crippen LogP contribution in [0.1, 0.15) is 5.82 Å². The highest BCUT2D eigenvalue weighted by Gasteiger charge is 2.11. The van der Waals surface area contributed by atoms with E-state index in [1.807, 2.05) is 23.7 Å². The van der Waals surface area contributed by atoms with Crippen LogP contribution in [0.15, 0.2) is 48.0 Å². The van der Waals surface area contributed by atoms with E-state index >= 15 is 0 Å². The molecule has 134 valence electrons. The molecule has 0 amide bonds.